The van der Waals surface area contributed by atoms with Gasteiger partial charge in [-0.25, -0.2) is 0 Å². The van der Waals surface area contributed by atoms with E-state index in [1.165, 1.54) is 0 Å². The van der Waals surface area contributed by atoms with Crippen molar-refractivity contribution in [2.75, 3.05) is 0 Å². The van der Waals surface area contributed by atoms with Gasteiger partial charge in [-0.1, -0.05) is 0 Å². The van der Waals surface area contributed by atoms with E-state index in [-0.39, 0.29) is 0 Å². The fourth-order valence-corrected chi connectivity index (χ4v) is 2.67. The molecule has 1 aromatic rings. The van der Waals surface area contributed by atoms with Crippen LogP contribution in [0.1, 0.15) is 12.5 Å². The monoisotopic (exact) mass is 380 g/mol. The van der Waals surface area contributed by atoms with Crippen LogP contribution >= 0.6 is 0 Å². The molecule has 26 heavy (non-hydrogen) atoms. The largest absolute Gasteiger partial charge is 0.504 e. The van der Waals surface area contributed by atoms with Crippen molar-refractivity contribution < 1.29 is 55.9 Å². The number of likely N-dealkylation sites (tertiary alicyclic amines) is 1. The van der Waals surface area contributed by atoms with E-state index in [1.54, 1.807) is 4.98 Å². The Labute approximate surface area is 142 Å². The van der Waals surface area contributed by atoms with Gasteiger partial charge in [0.25, 0.3) is 17.3 Å². The molecule has 1 aliphatic rings. The lowest BCUT2D eigenvalue weighted by atomic mass is 9.91. The van der Waals surface area contributed by atoms with Crippen LogP contribution in [0, 0.1) is 0 Å². The first-order chi connectivity index (χ1) is 11.5. The summed E-state index contributed by atoms with van der Waals surface area (Å²) in [6, 6.07) is 0. The number of hydrogen-bond donors (Lipinski definition) is 11. The molecule has 0 spiro atoms. The Bertz CT molecular complexity index is 823. The molecule has 11 N–H and O–H groups in total. The topological polar surface area (TPSA) is 255 Å². The number of aromatic amines is 1. The van der Waals surface area contributed by atoms with Gasteiger partial charge in [-0.2, -0.15) is 0 Å². The predicted octanol–water partition coefficient (Wildman–Crippen LogP) is -5.41. The van der Waals surface area contributed by atoms with Crippen molar-refractivity contribution in [3.63, 3.8) is 0 Å². The van der Waals surface area contributed by atoms with Crippen LogP contribution in [0.25, 0.3) is 0 Å². The van der Waals surface area contributed by atoms with Gasteiger partial charge in [0, 0.05) is 13.3 Å². The molecule has 1 saturated heterocycles. The van der Waals surface area contributed by atoms with E-state index in [0.29, 0.717) is 6.92 Å². The van der Waals surface area contributed by atoms with Crippen molar-refractivity contribution in [3.8, 4) is 17.4 Å². The van der Waals surface area contributed by atoms with Crippen molar-refractivity contribution >= 4 is 5.91 Å². The number of rotatable bonds is 3. The van der Waals surface area contributed by atoms with E-state index < -0.39 is 68.9 Å². The SMILES string of the molecule is CC(O)(O)N1C(=O)C(O)(O)C(O)(O)C1(O)Cc1c(O)[nH]c(=O)c(O)c1O. The zero-order valence-electron chi connectivity index (χ0n) is 12.9. The smallest absolute Gasteiger partial charge is 0.306 e. The number of nitrogens with one attached hydrogen (secondary N) is 1. The number of aromatic hydroxyl groups is 3. The second kappa shape index (κ2) is 5.27. The van der Waals surface area contributed by atoms with E-state index in [9.17, 15) is 60.7 Å². The number of nitrogens with zero attached hydrogens (tertiary/aromatic N) is 1. The summed E-state index contributed by atoms with van der Waals surface area (Å²) >= 11 is 0. The van der Waals surface area contributed by atoms with Crippen LogP contribution in [-0.4, -0.2) is 90.1 Å². The third-order valence-corrected chi connectivity index (χ3v) is 4.01. The fourth-order valence-electron chi connectivity index (χ4n) is 2.67. The average Bonchev–Trinajstić information content (AvgIpc) is 2.57. The minimum Gasteiger partial charge on any atom is -0.504 e. The van der Waals surface area contributed by atoms with E-state index in [4.69, 9.17) is 0 Å². The third kappa shape index (κ3) is 2.32. The van der Waals surface area contributed by atoms with Gasteiger partial charge in [0.1, 0.15) is 0 Å². The molecule has 1 fully saturated rings. The number of aliphatic hydroxyl groups is 7. The number of carbonyl (C=O) groups excluding carboxylic acids is 1. The summed E-state index contributed by atoms with van der Waals surface area (Å²) in [7, 11) is 0. The van der Waals surface area contributed by atoms with Crippen molar-refractivity contribution in [1.29, 1.82) is 0 Å². The molecule has 0 saturated carbocycles. The number of hydrogen-bond acceptors (Lipinski definition) is 12. The summed E-state index contributed by atoms with van der Waals surface area (Å²) in [5.41, 5.74) is -6.06. The Morgan fingerprint density at radius 2 is 1.50 bits per heavy atom. The van der Waals surface area contributed by atoms with Gasteiger partial charge < -0.3 is 51.1 Å². The van der Waals surface area contributed by atoms with Crippen LogP contribution in [0.4, 0.5) is 0 Å². The molecular formula is C12H16N2O12. The molecule has 1 atom stereocenters. The van der Waals surface area contributed by atoms with Crippen LogP contribution in [0.2, 0.25) is 0 Å². The first kappa shape index (κ1) is 19.9. The maximum Gasteiger partial charge on any atom is 0.306 e. The van der Waals surface area contributed by atoms with Gasteiger partial charge in [-0.15, -0.1) is 0 Å². The Morgan fingerprint density at radius 1 is 1.00 bits per heavy atom. The molecule has 14 heteroatoms. The summed E-state index contributed by atoms with van der Waals surface area (Å²) in [6.07, 6.45) is -1.52. The summed E-state index contributed by atoms with van der Waals surface area (Å²) < 4.78 is 0. The molecule has 2 rings (SSSR count). The van der Waals surface area contributed by atoms with Gasteiger partial charge in [0.05, 0.1) is 5.56 Å². The molecule has 146 valence electrons. The first-order valence-electron chi connectivity index (χ1n) is 6.77. The number of carbonyl (C=O) groups is 1. The Balaban J connectivity index is 2.75. The number of aromatic nitrogens is 1. The van der Waals surface area contributed by atoms with E-state index in [0.717, 1.165) is 0 Å². The summed E-state index contributed by atoms with van der Waals surface area (Å²) in [4.78, 5) is 24.3. The lowest BCUT2D eigenvalue weighted by molar-refractivity contribution is -0.400. The number of pyridine rings is 1. The van der Waals surface area contributed by atoms with Crippen molar-refractivity contribution in [2.45, 2.75) is 36.6 Å². The molecule has 0 aliphatic carbocycles. The minimum atomic E-state index is -4.20. The maximum atomic E-state index is 12.0. The van der Waals surface area contributed by atoms with Crippen molar-refractivity contribution in [2.24, 2.45) is 0 Å². The summed E-state index contributed by atoms with van der Waals surface area (Å²) in [5.74, 6) is -17.9. The van der Waals surface area contributed by atoms with Gasteiger partial charge in [-0.05, 0) is 0 Å². The molecule has 1 aromatic heterocycles. The van der Waals surface area contributed by atoms with Crippen LogP contribution in [-0.2, 0) is 11.2 Å². The van der Waals surface area contributed by atoms with Crippen LogP contribution < -0.4 is 5.56 Å². The lowest BCUT2D eigenvalue weighted by Gasteiger charge is -2.43. The zero-order chi connectivity index (χ0) is 20.5. The molecule has 1 unspecified atom stereocenters. The van der Waals surface area contributed by atoms with Gasteiger partial charge >= 0.3 is 5.79 Å². The standard InChI is InChI=1S/C12H16N2O12/c1-9(20,21)14-8(19)11(23,24)12(25,26)10(14,22)2-3-4(15)5(16)7(18)13-6(3)17/h16,20-26H,2H2,1H3,(H3,13,15,17,18). The summed E-state index contributed by atoms with van der Waals surface area (Å²) in [5, 5.41) is 97.7. The van der Waals surface area contributed by atoms with Gasteiger partial charge in [0.15, 0.2) is 11.6 Å². The van der Waals surface area contributed by atoms with Crippen LogP contribution in [0.5, 0.6) is 17.4 Å². The lowest BCUT2D eigenvalue weighted by Crippen LogP contribution is -2.68. The minimum absolute atomic E-state index is 0.442. The number of amides is 1. The van der Waals surface area contributed by atoms with Crippen LogP contribution in [0.3, 0.4) is 0 Å². The Morgan fingerprint density at radius 3 is 1.96 bits per heavy atom. The van der Waals surface area contributed by atoms with Crippen molar-refractivity contribution in [3.05, 3.63) is 15.9 Å². The Kier molecular flexibility index (Phi) is 4.03. The average molecular weight is 380 g/mol. The highest BCUT2D eigenvalue weighted by Gasteiger charge is 2.79. The normalized spacial score (nSPS) is 24.9. The van der Waals surface area contributed by atoms with Gasteiger partial charge in [0.2, 0.25) is 17.4 Å². The first-order valence-corrected chi connectivity index (χ1v) is 6.77. The molecule has 1 amide bonds. The highest BCUT2D eigenvalue weighted by molar-refractivity contribution is 5.89. The molecule has 0 radical (unpaired) electrons. The highest BCUT2D eigenvalue weighted by atomic mass is 16.6. The highest BCUT2D eigenvalue weighted by Crippen LogP contribution is 2.47. The third-order valence-electron chi connectivity index (χ3n) is 4.01. The molecule has 0 bridgehead atoms. The predicted molar refractivity (Wildman–Crippen MR) is 74.7 cm³/mol. The maximum absolute atomic E-state index is 12.0. The fraction of sp³-hybridized carbons (Fsp3) is 0.500. The van der Waals surface area contributed by atoms with Gasteiger partial charge in [-0.3, -0.25) is 19.5 Å². The van der Waals surface area contributed by atoms with E-state index in [2.05, 4.69) is 0 Å². The second-order valence-corrected chi connectivity index (χ2v) is 5.93. The zero-order valence-corrected chi connectivity index (χ0v) is 12.9. The van der Waals surface area contributed by atoms with Crippen LogP contribution in [0.15, 0.2) is 4.79 Å². The van der Waals surface area contributed by atoms with E-state index >= 15 is 0 Å². The molecule has 0 aromatic carbocycles. The number of H-pyrrole nitrogens is 1. The Hall–Kier alpha value is -2.46. The molecule has 2 heterocycles. The second-order valence-electron chi connectivity index (χ2n) is 5.93. The summed E-state index contributed by atoms with van der Waals surface area (Å²) in [6.45, 7) is 0.442. The molecular weight excluding hydrogens is 364 g/mol. The molecule has 1 aliphatic heterocycles. The molecule has 14 nitrogen and oxygen atoms in total. The van der Waals surface area contributed by atoms with E-state index in [1.807, 2.05) is 0 Å². The quantitative estimate of drug-likeness (QED) is 0.220. The van der Waals surface area contributed by atoms with Crippen molar-refractivity contribution in [1.82, 2.24) is 9.88 Å².